The van der Waals surface area contributed by atoms with Crippen molar-refractivity contribution in [2.24, 2.45) is 5.73 Å². The second-order valence-corrected chi connectivity index (χ2v) is 11.8. The largest absolute Gasteiger partial charge is 0.496 e. The molecule has 0 spiro atoms. The molecule has 0 radical (unpaired) electrons. The van der Waals surface area contributed by atoms with Gasteiger partial charge in [0.05, 0.1) is 42.3 Å². The van der Waals surface area contributed by atoms with Crippen molar-refractivity contribution in [2.75, 3.05) is 7.11 Å². The van der Waals surface area contributed by atoms with Crippen molar-refractivity contribution < 1.29 is 23.8 Å². The summed E-state index contributed by atoms with van der Waals surface area (Å²) in [5.74, 6) is 0.0917. The van der Waals surface area contributed by atoms with Gasteiger partial charge < -0.3 is 24.7 Å². The monoisotopic (exact) mass is 582 g/mol. The Hall–Kier alpha value is -3.74. The third-order valence-corrected chi connectivity index (χ3v) is 9.14. The first-order valence-corrected chi connectivity index (χ1v) is 14.3. The highest BCUT2D eigenvalue weighted by molar-refractivity contribution is 7.22. The van der Waals surface area contributed by atoms with Crippen molar-refractivity contribution >= 4 is 27.5 Å². The number of aliphatic hydroxyl groups is 1. The number of methoxy groups -OCH3 is 1. The summed E-state index contributed by atoms with van der Waals surface area (Å²) in [5.41, 5.74) is 4.09. The highest BCUT2D eigenvalue weighted by atomic mass is 32.1. The molecule has 1 saturated carbocycles. The van der Waals surface area contributed by atoms with E-state index in [0.717, 1.165) is 10.1 Å². The SMILES string of the molecule is COc1ccccc1[C@@H](Cn1c(=O)n(C(C)(C)C(N)=O)c(=O)c2c(C)c(-c3ncco3)sc21)OC1CCC(O)CC1. The van der Waals surface area contributed by atoms with E-state index >= 15 is 0 Å². The van der Waals surface area contributed by atoms with Crippen molar-refractivity contribution in [1.82, 2.24) is 14.1 Å². The van der Waals surface area contributed by atoms with E-state index in [2.05, 4.69) is 4.98 Å². The maximum Gasteiger partial charge on any atom is 0.333 e. The number of nitrogens with two attached hydrogens (primary N) is 1. The number of primary amides is 1. The summed E-state index contributed by atoms with van der Waals surface area (Å²) >= 11 is 1.22. The molecule has 5 rings (SSSR count). The first-order chi connectivity index (χ1) is 19.5. The molecule has 1 aromatic carbocycles. The molecule has 0 aliphatic heterocycles. The van der Waals surface area contributed by atoms with Gasteiger partial charge in [-0.25, -0.2) is 14.3 Å². The predicted octanol–water partition coefficient (Wildman–Crippen LogP) is 3.48. The summed E-state index contributed by atoms with van der Waals surface area (Å²) in [6.45, 7) is 4.69. The Kier molecular flexibility index (Phi) is 7.91. The highest BCUT2D eigenvalue weighted by Crippen LogP contribution is 2.38. The van der Waals surface area contributed by atoms with Gasteiger partial charge in [-0.1, -0.05) is 18.2 Å². The number of oxazole rings is 1. The normalized spacial score (nSPS) is 18.5. The number of amides is 1. The standard InChI is InChI=1S/C29H34N4O7S/c1-16-22-25(35)33(29(2,3)27(30)36)28(37)32(26(22)41-23(16)24-31-13-14-39-24)15-21(19-7-5-6-8-20(19)38-4)40-18-11-9-17(34)10-12-18/h5-8,13-14,17-18,21,34H,9-12,15H2,1-4H3,(H2,30,36)/t17?,18?,21-/m1/s1. The number of benzene rings is 1. The van der Waals surface area contributed by atoms with E-state index in [4.69, 9.17) is 19.6 Å². The van der Waals surface area contributed by atoms with Gasteiger partial charge in [-0.2, -0.15) is 0 Å². The molecule has 1 aliphatic carbocycles. The Morgan fingerprint density at radius 2 is 1.95 bits per heavy atom. The lowest BCUT2D eigenvalue weighted by Crippen LogP contribution is -2.54. The number of rotatable bonds is 9. The molecule has 1 amide bonds. The number of carbonyl (C=O) groups excluding carboxylic acids is 1. The maximum absolute atomic E-state index is 14.2. The fourth-order valence-electron chi connectivity index (χ4n) is 5.38. The van der Waals surface area contributed by atoms with Crippen LogP contribution in [-0.4, -0.2) is 44.4 Å². The molecular formula is C29H34N4O7S. The van der Waals surface area contributed by atoms with E-state index in [-0.39, 0.29) is 24.1 Å². The van der Waals surface area contributed by atoms with Crippen LogP contribution in [0.2, 0.25) is 0 Å². The second-order valence-electron chi connectivity index (χ2n) is 10.8. The minimum atomic E-state index is -1.61. The fraction of sp³-hybridized carbons (Fsp3) is 0.448. The summed E-state index contributed by atoms with van der Waals surface area (Å²) in [6.07, 6.45) is 4.35. The van der Waals surface area contributed by atoms with Gasteiger partial charge in [0.15, 0.2) is 0 Å². The van der Waals surface area contributed by atoms with Gasteiger partial charge in [0.1, 0.15) is 28.5 Å². The van der Waals surface area contributed by atoms with Gasteiger partial charge in [-0.05, 0) is 58.1 Å². The number of ether oxygens (including phenoxy) is 2. The van der Waals surface area contributed by atoms with Crippen molar-refractivity contribution in [2.45, 2.75) is 76.9 Å². The van der Waals surface area contributed by atoms with Crippen molar-refractivity contribution in [1.29, 1.82) is 0 Å². The van der Waals surface area contributed by atoms with Crippen LogP contribution >= 0.6 is 11.3 Å². The van der Waals surface area contributed by atoms with E-state index in [1.165, 1.54) is 42.2 Å². The molecule has 3 aromatic heterocycles. The van der Waals surface area contributed by atoms with E-state index < -0.39 is 28.8 Å². The molecule has 1 fully saturated rings. The van der Waals surface area contributed by atoms with Crippen molar-refractivity contribution in [3.63, 3.8) is 0 Å². The molecule has 11 nitrogen and oxygen atoms in total. The Balaban J connectivity index is 1.74. The number of carbonyl (C=O) groups is 1. The zero-order chi connectivity index (χ0) is 29.5. The second kappa shape index (κ2) is 11.3. The summed E-state index contributed by atoms with van der Waals surface area (Å²) < 4.78 is 20.2. The lowest BCUT2D eigenvalue weighted by atomic mass is 9.94. The summed E-state index contributed by atoms with van der Waals surface area (Å²) in [7, 11) is 1.57. The molecule has 12 heteroatoms. The molecule has 0 unspecified atom stereocenters. The van der Waals surface area contributed by atoms with Crippen LogP contribution in [0, 0.1) is 6.92 Å². The number of aryl methyl sites for hydroxylation is 1. The average molecular weight is 583 g/mol. The summed E-state index contributed by atoms with van der Waals surface area (Å²) in [4.78, 5) is 45.8. The Labute approximate surface area is 240 Å². The Morgan fingerprint density at radius 3 is 2.59 bits per heavy atom. The molecule has 218 valence electrons. The maximum atomic E-state index is 14.2. The number of hydrogen-bond acceptors (Lipinski definition) is 9. The van der Waals surface area contributed by atoms with Crippen LogP contribution in [0.3, 0.4) is 0 Å². The Bertz CT molecular complexity index is 1680. The van der Waals surface area contributed by atoms with Crippen LogP contribution in [0.1, 0.15) is 56.8 Å². The minimum Gasteiger partial charge on any atom is -0.496 e. The first kappa shape index (κ1) is 28.8. The van der Waals surface area contributed by atoms with Crippen LogP contribution in [-0.2, 0) is 21.6 Å². The van der Waals surface area contributed by atoms with E-state index in [9.17, 15) is 19.5 Å². The quantitative estimate of drug-likeness (QED) is 0.304. The molecule has 1 aliphatic rings. The number of fused-ring (bicyclic) bond motifs is 1. The number of aliphatic hydroxyl groups excluding tert-OH is 1. The van der Waals surface area contributed by atoms with Crippen LogP contribution in [0.25, 0.3) is 21.0 Å². The van der Waals surface area contributed by atoms with Crippen molar-refractivity contribution in [3.05, 3.63) is 68.7 Å². The third-order valence-electron chi connectivity index (χ3n) is 7.84. The number of thiophene rings is 1. The van der Waals surface area contributed by atoms with E-state index in [0.29, 0.717) is 52.6 Å². The molecule has 41 heavy (non-hydrogen) atoms. The minimum absolute atomic E-state index is 0.0227. The number of para-hydroxylation sites is 1. The average Bonchev–Trinajstić information content (AvgIpc) is 3.59. The van der Waals surface area contributed by atoms with Crippen LogP contribution in [0.4, 0.5) is 0 Å². The van der Waals surface area contributed by atoms with Gasteiger partial charge in [0.2, 0.25) is 11.8 Å². The third kappa shape index (κ3) is 5.22. The first-order valence-electron chi connectivity index (χ1n) is 13.5. The molecule has 3 N–H and O–H groups in total. The lowest BCUT2D eigenvalue weighted by molar-refractivity contribution is -0.125. The van der Waals surface area contributed by atoms with Crippen LogP contribution < -0.4 is 21.7 Å². The molecular weight excluding hydrogens is 548 g/mol. The topological polar surface area (TPSA) is 152 Å². The van der Waals surface area contributed by atoms with E-state index in [1.807, 2.05) is 24.3 Å². The Morgan fingerprint density at radius 1 is 1.24 bits per heavy atom. The number of hydrogen-bond donors (Lipinski definition) is 2. The van der Waals surface area contributed by atoms with Crippen molar-refractivity contribution in [3.8, 4) is 16.5 Å². The molecule has 3 heterocycles. The molecule has 4 aromatic rings. The van der Waals surface area contributed by atoms with Gasteiger partial charge in [-0.15, -0.1) is 11.3 Å². The lowest BCUT2D eigenvalue weighted by Gasteiger charge is -2.31. The fourth-order valence-corrected chi connectivity index (χ4v) is 6.62. The highest BCUT2D eigenvalue weighted by Gasteiger charge is 2.35. The zero-order valence-electron chi connectivity index (χ0n) is 23.5. The molecule has 1 atom stereocenters. The number of aromatic nitrogens is 3. The zero-order valence-corrected chi connectivity index (χ0v) is 24.3. The summed E-state index contributed by atoms with van der Waals surface area (Å²) in [6, 6.07) is 7.41. The predicted molar refractivity (Wildman–Crippen MR) is 154 cm³/mol. The van der Waals surface area contributed by atoms with Gasteiger partial charge in [0, 0.05) is 5.56 Å². The number of nitrogens with zero attached hydrogens (tertiary/aromatic N) is 3. The molecule has 0 saturated heterocycles. The van der Waals surface area contributed by atoms with Gasteiger partial charge >= 0.3 is 5.69 Å². The smallest absolute Gasteiger partial charge is 0.333 e. The van der Waals surface area contributed by atoms with Gasteiger partial charge in [-0.3, -0.25) is 14.2 Å². The van der Waals surface area contributed by atoms with Crippen LogP contribution in [0.5, 0.6) is 5.75 Å². The molecule has 0 bridgehead atoms. The van der Waals surface area contributed by atoms with E-state index in [1.54, 1.807) is 14.0 Å². The van der Waals surface area contributed by atoms with Gasteiger partial charge in [0.25, 0.3) is 5.56 Å². The van der Waals surface area contributed by atoms with Crippen LogP contribution in [0.15, 0.2) is 50.7 Å². The summed E-state index contributed by atoms with van der Waals surface area (Å²) in [5, 5.41) is 10.3.